The summed E-state index contributed by atoms with van der Waals surface area (Å²) in [4.78, 5) is 41.7. The topological polar surface area (TPSA) is 100 Å². The monoisotopic (exact) mass is 438 g/mol. The molecule has 0 bridgehead atoms. The van der Waals surface area contributed by atoms with Gasteiger partial charge in [-0.25, -0.2) is 0 Å². The molecule has 1 amide bonds. The second-order valence-electron chi connectivity index (χ2n) is 6.50. The van der Waals surface area contributed by atoms with Gasteiger partial charge in [-0.15, -0.1) is 0 Å². The van der Waals surface area contributed by atoms with Gasteiger partial charge < -0.3 is 18.5 Å². The number of amides is 1. The predicted molar refractivity (Wildman–Crippen MR) is 115 cm³/mol. The summed E-state index contributed by atoms with van der Waals surface area (Å²) in [7, 11) is 1.55. The zero-order valence-corrected chi connectivity index (χ0v) is 17.6. The van der Waals surface area contributed by atoms with Crippen molar-refractivity contribution in [2.24, 2.45) is 4.99 Å². The number of para-hydroxylation sites is 1. The lowest BCUT2D eigenvalue weighted by Crippen LogP contribution is -2.23. The summed E-state index contributed by atoms with van der Waals surface area (Å²) in [5.74, 6) is -0.722. The van der Waals surface area contributed by atoms with Gasteiger partial charge in [0.2, 0.25) is 0 Å². The lowest BCUT2D eigenvalue weighted by Gasteiger charge is -2.05. The highest BCUT2D eigenvalue weighted by molar-refractivity contribution is 7.16. The SMILES string of the molecule is CCOC(=O)Cn1c(=NC(=O)c2cc(=O)c3ccccc3o2)sc2cc(OC)ccc21. The van der Waals surface area contributed by atoms with Gasteiger partial charge in [0, 0.05) is 6.07 Å². The summed E-state index contributed by atoms with van der Waals surface area (Å²) < 4.78 is 18.3. The van der Waals surface area contributed by atoms with Crippen LogP contribution < -0.4 is 15.0 Å². The predicted octanol–water partition coefficient (Wildman–Crippen LogP) is 3.12. The minimum Gasteiger partial charge on any atom is -0.497 e. The Hall–Kier alpha value is -3.72. The van der Waals surface area contributed by atoms with Crippen LogP contribution in [-0.2, 0) is 16.1 Å². The number of fused-ring (bicyclic) bond motifs is 2. The first-order valence-corrected chi connectivity index (χ1v) is 10.3. The molecule has 8 nitrogen and oxygen atoms in total. The summed E-state index contributed by atoms with van der Waals surface area (Å²) in [5.41, 5.74) is 0.667. The molecule has 0 N–H and O–H groups in total. The Morgan fingerprint density at radius 1 is 1.16 bits per heavy atom. The minimum atomic E-state index is -0.723. The van der Waals surface area contributed by atoms with Crippen LogP contribution in [0.15, 0.2) is 62.7 Å². The fourth-order valence-electron chi connectivity index (χ4n) is 3.11. The van der Waals surface area contributed by atoms with Gasteiger partial charge >= 0.3 is 11.9 Å². The van der Waals surface area contributed by atoms with Crippen LogP contribution in [-0.4, -0.2) is 30.2 Å². The molecule has 0 atom stereocenters. The first-order chi connectivity index (χ1) is 15.0. The molecule has 2 aromatic carbocycles. The normalized spacial score (nSPS) is 11.7. The standard InChI is InChI=1S/C22H18N2O6S/c1-3-29-20(26)12-24-15-9-8-13(28-2)10-19(15)31-22(24)23-21(27)18-11-16(25)14-6-4-5-7-17(14)30-18/h4-11H,3,12H2,1-2H3. The maximum atomic E-state index is 12.8. The highest BCUT2D eigenvalue weighted by Gasteiger charge is 2.16. The van der Waals surface area contributed by atoms with E-state index in [1.54, 1.807) is 61.1 Å². The van der Waals surface area contributed by atoms with Gasteiger partial charge in [0.25, 0.3) is 0 Å². The molecule has 0 unspecified atom stereocenters. The Balaban J connectivity index is 1.84. The second-order valence-corrected chi connectivity index (χ2v) is 7.51. The molecular formula is C22H18N2O6S. The maximum absolute atomic E-state index is 12.8. The van der Waals surface area contributed by atoms with Gasteiger partial charge in [-0.05, 0) is 37.3 Å². The van der Waals surface area contributed by atoms with E-state index in [1.165, 1.54) is 11.3 Å². The van der Waals surface area contributed by atoms with Crippen LogP contribution in [0.25, 0.3) is 21.2 Å². The zero-order valence-electron chi connectivity index (χ0n) is 16.8. The van der Waals surface area contributed by atoms with Crippen LogP contribution in [0.2, 0.25) is 0 Å². The summed E-state index contributed by atoms with van der Waals surface area (Å²) in [6, 6.07) is 13.1. The van der Waals surface area contributed by atoms with Gasteiger partial charge in [0.15, 0.2) is 16.0 Å². The first-order valence-electron chi connectivity index (χ1n) is 9.45. The Bertz CT molecular complexity index is 1430. The van der Waals surface area contributed by atoms with E-state index in [2.05, 4.69) is 4.99 Å². The van der Waals surface area contributed by atoms with Crippen LogP contribution >= 0.6 is 11.3 Å². The largest absolute Gasteiger partial charge is 0.497 e. The molecule has 0 saturated heterocycles. The zero-order chi connectivity index (χ0) is 22.0. The average Bonchev–Trinajstić information content (AvgIpc) is 3.09. The van der Waals surface area contributed by atoms with Crippen molar-refractivity contribution in [2.45, 2.75) is 13.5 Å². The number of aromatic nitrogens is 1. The van der Waals surface area contributed by atoms with Crippen LogP contribution in [0, 0.1) is 0 Å². The van der Waals surface area contributed by atoms with E-state index in [1.807, 2.05) is 0 Å². The highest BCUT2D eigenvalue weighted by atomic mass is 32.1. The summed E-state index contributed by atoms with van der Waals surface area (Å²) in [5, 5.41) is 0.380. The Labute approximate surface area is 180 Å². The molecule has 9 heteroatoms. The Morgan fingerprint density at radius 2 is 1.97 bits per heavy atom. The molecule has 31 heavy (non-hydrogen) atoms. The molecule has 4 rings (SSSR count). The van der Waals surface area contributed by atoms with E-state index < -0.39 is 11.9 Å². The molecule has 0 radical (unpaired) electrons. The summed E-state index contributed by atoms with van der Waals surface area (Å²) >= 11 is 1.21. The number of nitrogens with zero attached hydrogens (tertiary/aromatic N) is 2. The van der Waals surface area contributed by atoms with Crippen molar-refractivity contribution in [2.75, 3.05) is 13.7 Å². The Kier molecular flexibility index (Phi) is 5.68. The molecule has 0 saturated carbocycles. The van der Waals surface area contributed by atoms with Crippen LogP contribution in [0.5, 0.6) is 5.75 Å². The van der Waals surface area contributed by atoms with E-state index in [-0.39, 0.29) is 29.1 Å². The second kappa shape index (κ2) is 8.57. The fraction of sp³-hybridized carbons (Fsp3) is 0.182. The van der Waals surface area contributed by atoms with Gasteiger partial charge in [-0.2, -0.15) is 4.99 Å². The smallest absolute Gasteiger partial charge is 0.326 e. The van der Waals surface area contributed by atoms with Crippen LogP contribution in [0.1, 0.15) is 17.5 Å². The molecule has 2 heterocycles. The fourth-order valence-corrected chi connectivity index (χ4v) is 4.16. The third-order valence-electron chi connectivity index (χ3n) is 4.53. The van der Waals surface area contributed by atoms with Crippen molar-refractivity contribution in [3.63, 3.8) is 0 Å². The van der Waals surface area contributed by atoms with E-state index in [4.69, 9.17) is 13.9 Å². The minimum absolute atomic E-state index is 0.117. The highest BCUT2D eigenvalue weighted by Crippen LogP contribution is 2.23. The number of carbonyl (C=O) groups is 2. The molecule has 0 aliphatic carbocycles. The van der Waals surface area contributed by atoms with E-state index in [0.29, 0.717) is 22.2 Å². The number of esters is 1. The van der Waals surface area contributed by atoms with Crippen molar-refractivity contribution in [1.82, 2.24) is 4.57 Å². The summed E-state index contributed by atoms with van der Waals surface area (Å²) in [6.45, 7) is 1.84. The summed E-state index contributed by atoms with van der Waals surface area (Å²) in [6.07, 6.45) is 0. The van der Waals surface area contributed by atoms with Crippen LogP contribution in [0.4, 0.5) is 0 Å². The van der Waals surface area contributed by atoms with E-state index in [9.17, 15) is 14.4 Å². The number of benzene rings is 2. The van der Waals surface area contributed by atoms with Crippen molar-refractivity contribution in [3.05, 3.63) is 69.3 Å². The van der Waals surface area contributed by atoms with Crippen molar-refractivity contribution in [3.8, 4) is 5.75 Å². The third-order valence-corrected chi connectivity index (χ3v) is 5.57. The lowest BCUT2D eigenvalue weighted by molar-refractivity contribution is -0.143. The molecule has 0 fully saturated rings. The lowest BCUT2D eigenvalue weighted by atomic mass is 10.2. The van der Waals surface area contributed by atoms with Crippen molar-refractivity contribution in [1.29, 1.82) is 0 Å². The molecule has 2 aromatic heterocycles. The molecule has 0 aliphatic heterocycles. The van der Waals surface area contributed by atoms with Gasteiger partial charge in [0.05, 0.1) is 29.3 Å². The average molecular weight is 438 g/mol. The molecule has 0 aliphatic rings. The number of thiazole rings is 1. The van der Waals surface area contributed by atoms with Crippen molar-refractivity contribution >= 4 is 44.4 Å². The van der Waals surface area contributed by atoms with E-state index >= 15 is 0 Å². The van der Waals surface area contributed by atoms with Gasteiger partial charge in [-0.3, -0.25) is 14.4 Å². The molecular weight excluding hydrogens is 420 g/mol. The quantitative estimate of drug-likeness (QED) is 0.444. The number of hydrogen-bond acceptors (Lipinski definition) is 7. The van der Waals surface area contributed by atoms with Crippen LogP contribution in [0.3, 0.4) is 0 Å². The first kappa shape index (κ1) is 20.5. The maximum Gasteiger partial charge on any atom is 0.326 e. The number of hydrogen-bond donors (Lipinski definition) is 0. The Morgan fingerprint density at radius 3 is 2.74 bits per heavy atom. The molecule has 4 aromatic rings. The molecule has 158 valence electrons. The molecule has 0 spiro atoms. The number of rotatable bonds is 5. The van der Waals surface area contributed by atoms with Crippen molar-refractivity contribution < 1.29 is 23.5 Å². The van der Waals surface area contributed by atoms with Gasteiger partial charge in [-0.1, -0.05) is 23.5 Å². The van der Waals surface area contributed by atoms with Gasteiger partial charge in [0.1, 0.15) is 17.9 Å². The van der Waals surface area contributed by atoms with E-state index in [0.717, 1.165) is 10.8 Å². The third kappa shape index (κ3) is 4.13. The number of methoxy groups -OCH3 is 1. The number of carbonyl (C=O) groups excluding carboxylic acids is 2. The number of ether oxygens (including phenoxy) is 2.